The minimum Gasteiger partial charge on any atom is -0.477 e. The number of nitrogens with zero attached hydrogens (tertiary/aromatic N) is 3. The Balaban J connectivity index is 1.07. The van der Waals surface area contributed by atoms with Crippen LogP contribution in [0.15, 0.2) is 23.1 Å². The van der Waals surface area contributed by atoms with Gasteiger partial charge in [0.25, 0.3) is 0 Å². The molecule has 1 saturated carbocycles. The smallest absolute Gasteiger partial charge is 0.477 e. The van der Waals surface area contributed by atoms with Gasteiger partial charge < -0.3 is 78.1 Å². The first kappa shape index (κ1) is 63.0. The van der Waals surface area contributed by atoms with Gasteiger partial charge in [-0.2, -0.15) is 0 Å². The van der Waals surface area contributed by atoms with Crippen molar-refractivity contribution in [3.8, 4) is 0 Å². The number of carbonyl (C=O) groups excluding carboxylic acids is 3. The Labute approximate surface area is 468 Å². The molecule has 0 spiro atoms. The van der Waals surface area contributed by atoms with E-state index in [-0.39, 0.29) is 74.0 Å². The fourth-order valence-corrected chi connectivity index (χ4v) is 12.7. The van der Waals surface area contributed by atoms with Crippen LogP contribution in [0.25, 0.3) is 10.9 Å². The van der Waals surface area contributed by atoms with Crippen molar-refractivity contribution < 1.29 is 81.5 Å². The number of cyclic esters (lactones) is 1. The van der Waals surface area contributed by atoms with Crippen molar-refractivity contribution in [3.05, 3.63) is 39.9 Å². The molecular formula is C57H88FN5O17. The van der Waals surface area contributed by atoms with Crippen LogP contribution in [0.5, 0.6) is 0 Å². The topological polar surface area (TPSA) is 265 Å². The number of fused-ring (bicyclic) bond motifs is 2. The van der Waals surface area contributed by atoms with E-state index in [9.17, 15) is 39.3 Å². The van der Waals surface area contributed by atoms with E-state index in [2.05, 4.69) is 10.6 Å². The van der Waals surface area contributed by atoms with E-state index >= 15 is 4.39 Å². The minimum atomic E-state index is -1.64. The van der Waals surface area contributed by atoms with Crippen LogP contribution in [0.1, 0.15) is 131 Å². The lowest BCUT2D eigenvalue weighted by Crippen LogP contribution is -2.61. The second-order valence-electron chi connectivity index (χ2n) is 24.1. The molecule has 0 amide bonds. The van der Waals surface area contributed by atoms with E-state index in [0.29, 0.717) is 25.0 Å². The summed E-state index contributed by atoms with van der Waals surface area (Å²) in [4.78, 5) is 69.9. The quantitative estimate of drug-likeness (QED) is 0.0773. The molecule has 7 rings (SSSR count). The Morgan fingerprint density at radius 1 is 0.950 bits per heavy atom. The summed E-state index contributed by atoms with van der Waals surface area (Å²) in [6.45, 7) is 19.2. The van der Waals surface area contributed by atoms with Gasteiger partial charge in [-0.05, 0) is 120 Å². The minimum absolute atomic E-state index is 0.00639. The highest BCUT2D eigenvalue weighted by Gasteiger charge is 2.58. The van der Waals surface area contributed by atoms with E-state index in [1.807, 2.05) is 58.6 Å². The highest BCUT2D eigenvalue weighted by atomic mass is 19.1. The molecule has 80 heavy (non-hydrogen) atoms. The van der Waals surface area contributed by atoms with Crippen molar-refractivity contribution in [2.45, 2.75) is 211 Å². The molecule has 18 atom stereocenters. The molecule has 4 saturated heterocycles. The number of aromatic nitrogens is 1. The standard InChI is InChI=1S/C57H88FN5O17/c1-15-42-57(10)49(79-54(70)80-57)33(6)62(13)27-29(2)25-55(8,71)48(78-53-46(66)41(61(11)12)22-30(3)73-53)31(4)47(32(5)52(69)75-42)77-44-26-56(9,72-14)50(34(7)74-44)76-43(64)18-19-59-20-21-60-39-24-40-36(23-38(39)58)45(65)37(51(67)68)28-63(40)35-16-17-35/h23-24,28-35,41-42,44,46-50,53,59-60,66,71H,15-22,25-27H2,1-14H3,(H,67,68)/t29-,30-,31+,32-,33-,34+,41+,42-,44+,46-,47+,48-,49-,50+,53+,55-,56-,57-/m1/s1. The molecule has 5 aliphatic rings. The lowest BCUT2D eigenvalue weighted by atomic mass is 9.77. The number of carboxylic acid groups (broad SMARTS) is 1. The number of halogens is 1. The van der Waals surface area contributed by atoms with E-state index in [1.165, 1.54) is 19.4 Å². The number of likely N-dealkylation sites (N-methyl/N-ethyl adjacent to an activating group) is 2. The maximum atomic E-state index is 15.3. The Morgan fingerprint density at radius 2 is 1.65 bits per heavy atom. The number of aromatic carboxylic acids is 1. The Hall–Kier alpha value is -4.56. The maximum Gasteiger partial charge on any atom is 0.509 e. The number of anilines is 1. The van der Waals surface area contributed by atoms with Crippen LogP contribution in [0.4, 0.5) is 14.9 Å². The van der Waals surface area contributed by atoms with Crippen LogP contribution in [-0.2, 0) is 52.2 Å². The van der Waals surface area contributed by atoms with Gasteiger partial charge in [0, 0.05) is 75.3 Å². The number of esters is 2. The normalized spacial score (nSPS) is 37.7. The maximum absolute atomic E-state index is 15.3. The van der Waals surface area contributed by atoms with Crippen molar-refractivity contribution in [1.82, 2.24) is 19.7 Å². The number of hydrogen-bond donors (Lipinski definition) is 5. The zero-order valence-corrected chi connectivity index (χ0v) is 49.0. The van der Waals surface area contributed by atoms with Crippen LogP contribution in [-0.4, -0.2) is 198 Å². The van der Waals surface area contributed by atoms with Crippen molar-refractivity contribution >= 4 is 40.7 Å². The molecule has 2 aromatic rings. The van der Waals surface area contributed by atoms with Gasteiger partial charge in [0.2, 0.25) is 5.43 Å². The molecule has 23 heteroatoms. The Morgan fingerprint density at radius 3 is 2.29 bits per heavy atom. The monoisotopic (exact) mass is 1130 g/mol. The number of hydrogen-bond acceptors (Lipinski definition) is 20. The summed E-state index contributed by atoms with van der Waals surface area (Å²) in [5, 5.41) is 40.4. The van der Waals surface area contributed by atoms with Crippen molar-refractivity contribution in [2.24, 2.45) is 17.8 Å². The molecule has 450 valence electrons. The number of ether oxygens (including phenoxy) is 9. The number of carboxylic acids is 1. The number of carbonyl (C=O) groups is 4. The molecule has 1 aromatic carbocycles. The Bertz CT molecular complexity index is 2580. The van der Waals surface area contributed by atoms with Gasteiger partial charge in [-0.25, -0.2) is 14.0 Å². The molecule has 0 unspecified atom stereocenters. The fraction of sp³-hybridized carbons (Fsp3) is 0.772. The van der Waals surface area contributed by atoms with E-state index in [1.54, 1.807) is 46.1 Å². The van der Waals surface area contributed by atoms with E-state index in [4.69, 9.17) is 42.6 Å². The van der Waals surface area contributed by atoms with Gasteiger partial charge in [-0.15, -0.1) is 0 Å². The van der Waals surface area contributed by atoms with Gasteiger partial charge in [0.1, 0.15) is 29.2 Å². The summed E-state index contributed by atoms with van der Waals surface area (Å²) < 4.78 is 73.9. The molecule has 5 fully saturated rings. The number of aliphatic hydroxyl groups is 2. The first-order chi connectivity index (χ1) is 37.5. The highest BCUT2D eigenvalue weighted by molar-refractivity contribution is 5.93. The van der Waals surface area contributed by atoms with Crippen LogP contribution in [0, 0.1) is 23.6 Å². The summed E-state index contributed by atoms with van der Waals surface area (Å²) in [5.74, 6) is -5.44. The zero-order valence-electron chi connectivity index (χ0n) is 49.0. The van der Waals surface area contributed by atoms with Gasteiger partial charge in [-0.3, -0.25) is 19.3 Å². The van der Waals surface area contributed by atoms with Crippen molar-refractivity contribution in [1.29, 1.82) is 0 Å². The predicted molar refractivity (Wildman–Crippen MR) is 291 cm³/mol. The summed E-state index contributed by atoms with van der Waals surface area (Å²) in [7, 11) is 7.12. The molecule has 1 aromatic heterocycles. The highest BCUT2D eigenvalue weighted by Crippen LogP contribution is 2.43. The first-order valence-corrected chi connectivity index (χ1v) is 28.3. The molecular weight excluding hydrogens is 1050 g/mol. The largest absolute Gasteiger partial charge is 0.509 e. The average Bonchev–Trinajstić information content (AvgIpc) is 4.26. The van der Waals surface area contributed by atoms with Gasteiger partial charge in [0.15, 0.2) is 30.4 Å². The third kappa shape index (κ3) is 13.7. The second-order valence-corrected chi connectivity index (χ2v) is 24.1. The van der Waals surface area contributed by atoms with Crippen LogP contribution in [0.3, 0.4) is 0 Å². The zero-order chi connectivity index (χ0) is 58.9. The summed E-state index contributed by atoms with van der Waals surface area (Å²) in [5.41, 5.74) is -4.78. The van der Waals surface area contributed by atoms with E-state index < -0.39 is 131 Å². The predicted octanol–water partition coefficient (Wildman–Crippen LogP) is 5.21. The third-order valence-corrected chi connectivity index (χ3v) is 17.3. The lowest BCUT2D eigenvalue weighted by molar-refractivity contribution is -0.318. The number of rotatable bonds is 17. The van der Waals surface area contributed by atoms with Gasteiger partial charge in [0.05, 0.1) is 53.6 Å². The molecule has 0 bridgehead atoms. The number of aliphatic hydroxyl groups excluding tert-OH is 1. The van der Waals surface area contributed by atoms with E-state index in [0.717, 1.165) is 18.9 Å². The lowest BCUT2D eigenvalue weighted by Gasteiger charge is -2.49. The fourth-order valence-electron chi connectivity index (χ4n) is 12.7. The molecule has 5 heterocycles. The number of pyridine rings is 1. The number of benzene rings is 1. The SMILES string of the molecule is CC[C@H]1OC(=O)[C@H](C)[C@@H](O[C@H]2C[C@@](C)(OC)[C@@H](OC(=O)CCNCCNc3cc4c(cc3F)c(=O)c(C(=O)O)cn4C3CC3)[C@H](C)O2)[C@H](C)[C@@H](O[C@@H]2O[C@H](C)C[C@H](N(C)C)[C@H]2O)[C@](C)(O)C[C@@H](C)CN(C)[C@H](C)[C@H]2OC(=O)O[C@@]21C. The molecule has 4 aliphatic heterocycles. The van der Waals surface area contributed by atoms with Crippen LogP contribution < -0.4 is 16.1 Å². The molecule has 0 radical (unpaired) electrons. The first-order valence-electron chi connectivity index (χ1n) is 28.3. The van der Waals surface area contributed by atoms with Gasteiger partial charge >= 0.3 is 24.1 Å². The van der Waals surface area contributed by atoms with Crippen molar-refractivity contribution in [3.63, 3.8) is 0 Å². The third-order valence-electron chi connectivity index (χ3n) is 17.3. The van der Waals surface area contributed by atoms with Crippen LogP contribution in [0.2, 0.25) is 0 Å². The Kier molecular flexibility index (Phi) is 20.1. The van der Waals surface area contributed by atoms with Crippen LogP contribution >= 0.6 is 0 Å². The number of methoxy groups -OCH3 is 1. The summed E-state index contributed by atoms with van der Waals surface area (Å²) in [6.07, 6.45) is -6.42. The van der Waals surface area contributed by atoms with Crippen molar-refractivity contribution in [2.75, 3.05) is 59.7 Å². The molecule has 22 nitrogen and oxygen atoms in total. The molecule has 1 aliphatic carbocycles. The summed E-state index contributed by atoms with van der Waals surface area (Å²) >= 11 is 0. The molecule has 5 N–H and O–H groups in total. The summed E-state index contributed by atoms with van der Waals surface area (Å²) in [6, 6.07) is 1.86. The second kappa shape index (κ2) is 25.5. The average molecular weight is 1130 g/mol. The van der Waals surface area contributed by atoms with Gasteiger partial charge in [-0.1, -0.05) is 20.8 Å². The number of nitrogens with one attached hydrogen (secondary N) is 2.